The monoisotopic (exact) mass is 198 g/mol. The molecule has 2 heterocycles. The van der Waals surface area contributed by atoms with E-state index >= 15 is 0 Å². The van der Waals surface area contributed by atoms with Gasteiger partial charge in [0, 0.05) is 10.5 Å². The molecule has 4 atom stereocenters. The quantitative estimate of drug-likeness (QED) is 0.593. The second-order valence-corrected chi connectivity index (χ2v) is 5.64. The summed E-state index contributed by atoms with van der Waals surface area (Å²) in [5.74, 6) is 0. The Bertz CT molecular complexity index is 225. The van der Waals surface area contributed by atoms with E-state index in [1.807, 2.05) is 34.6 Å². The Morgan fingerprint density at radius 2 is 1.42 bits per heavy atom. The van der Waals surface area contributed by atoms with Crippen LogP contribution in [0.4, 0.5) is 0 Å². The van der Waals surface area contributed by atoms with Crippen LogP contribution in [0.25, 0.3) is 0 Å². The van der Waals surface area contributed by atoms with E-state index in [2.05, 4.69) is 9.98 Å². The molecule has 0 aromatic heterocycles. The van der Waals surface area contributed by atoms with Gasteiger partial charge in [-0.25, -0.2) is 0 Å². The number of fused-ring (bicyclic) bond motifs is 2. The van der Waals surface area contributed by atoms with Gasteiger partial charge >= 0.3 is 0 Å². The van der Waals surface area contributed by atoms with Crippen LogP contribution < -0.4 is 0 Å². The summed E-state index contributed by atoms with van der Waals surface area (Å²) in [6, 6.07) is 1.20. The van der Waals surface area contributed by atoms with E-state index in [9.17, 15) is 0 Å². The fraction of sp³-hybridized carbons (Fsp3) is 0.750. The van der Waals surface area contributed by atoms with Crippen LogP contribution in [0, 0.1) is 0 Å². The number of nitrogens with zero attached hydrogens (tertiary/aromatic N) is 2. The Morgan fingerprint density at radius 3 is 1.92 bits per heavy atom. The Hall–Kier alpha value is 0.0400. The molecule has 4 unspecified atom stereocenters. The minimum atomic E-state index is 0.602. The Labute approximate surface area is 80.3 Å². The average molecular weight is 198 g/mol. The largest absolute Gasteiger partial charge is 0.282 e. The van der Waals surface area contributed by atoms with Crippen LogP contribution in [-0.2, 0) is 0 Å². The van der Waals surface area contributed by atoms with Gasteiger partial charge in [0.2, 0.25) is 0 Å². The first-order valence-corrected chi connectivity index (χ1v) is 6.16. The van der Waals surface area contributed by atoms with Crippen LogP contribution in [0.1, 0.15) is 12.8 Å². The van der Waals surface area contributed by atoms with Crippen LogP contribution in [0.3, 0.4) is 0 Å². The zero-order valence-corrected chi connectivity index (χ0v) is 8.22. The zero-order chi connectivity index (χ0) is 7.97. The van der Waals surface area contributed by atoms with Crippen LogP contribution in [0.15, 0.2) is 9.98 Å². The molecule has 1 saturated carbocycles. The Morgan fingerprint density at radius 1 is 0.917 bits per heavy atom. The number of rotatable bonds is 0. The lowest BCUT2D eigenvalue weighted by Gasteiger charge is -2.30. The standard InChI is InChI=1S/C8H10N2S2/c1-5-8(12-3-9-5)2-6-7(1)11-4-10-6/h3-8H,1-2H2. The number of hydrogen-bond donors (Lipinski definition) is 0. The van der Waals surface area contributed by atoms with E-state index in [4.69, 9.17) is 0 Å². The van der Waals surface area contributed by atoms with E-state index < -0.39 is 0 Å². The maximum absolute atomic E-state index is 4.49. The van der Waals surface area contributed by atoms with Crippen molar-refractivity contribution in [2.45, 2.75) is 35.4 Å². The summed E-state index contributed by atoms with van der Waals surface area (Å²) in [4.78, 5) is 8.97. The van der Waals surface area contributed by atoms with Gasteiger partial charge in [0.25, 0.3) is 0 Å². The Kier molecular flexibility index (Phi) is 1.72. The van der Waals surface area contributed by atoms with Gasteiger partial charge in [-0.1, -0.05) is 0 Å². The van der Waals surface area contributed by atoms with Crippen molar-refractivity contribution in [1.82, 2.24) is 0 Å². The predicted molar refractivity (Wildman–Crippen MR) is 56.6 cm³/mol. The maximum Gasteiger partial charge on any atom is 0.0640 e. The smallest absolute Gasteiger partial charge is 0.0640 e. The third-order valence-corrected chi connectivity index (χ3v) is 4.98. The Balaban J connectivity index is 1.80. The first kappa shape index (κ1) is 7.44. The minimum Gasteiger partial charge on any atom is -0.282 e. The van der Waals surface area contributed by atoms with Gasteiger partial charge in [0.15, 0.2) is 0 Å². The van der Waals surface area contributed by atoms with Crippen molar-refractivity contribution in [2.75, 3.05) is 0 Å². The van der Waals surface area contributed by atoms with E-state index in [0.29, 0.717) is 12.1 Å². The van der Waals surface area contributed by atoms with Crippen LogP contribution in [-0.4, -0.2) is 33.7 Å². The lowest BCUT2D eigenvalue weighted by atomic mass is 9.91. The topological polar surface area (TPSA) is 24.7 Å². The highest BCUT2D eigenvalue weighted by molar-refractivity contribution is 8.13. The molecular weight excluding hydrogens is 188 g/mol. The summed E-state index contributed by atoms with van der Waals surface area (Å²) >= 11 is 3.80. The van der Waals surface area contributed by atoms with Crippen molar-refractivity contribution in [2.24, 2.45) is 9.98 Å². The number of aliphatic imine (C=N–C) groups is 2. The van der Waals surface area contributed by atoms with Gasteiger partial charge in [0.05, 0.1) is 23.2 Å². The van der Waals surface area contributed by atoms with E-state index in [0.717, 1.165) is 10.5 Å². The van der Waals surface area contributed by atoms with Gasteiger partial charge in [-0.05, 0) is 12.8 Å². The molecule has 12 heavy (non-hydrogen) atoms. The van der Waals surface area contributed by atoms with E-state index in [1.165, 1.54) is 12.8 Å². The summed E-state index contributed by atoms with van der Waals surface area (Å²) in [6.45, 7) is 0. The molecule has 1 aliphatic carbocycles. The molecule has 0 spiro atoms. The molecule has 0 radical (unpaired) electrons. The summed E-state index contributed by atoms with van der Waals surface area (Å²) in [7, 11) is 0. The van der Waals surface area contributed by atoms with E-state index in [1.54, 1.807) is 0 Å². The second kappa shape index (κ2) is 2.77. The molecule has 0 bridgehead atoms. The minimum absolute atomic E-state index is 0.602. The van der Waals surface area contributed by atoms with E-state index in [-0.39, 0.29) is 0 Å². The first-order chi connectivity index (χ1) is 5.93. The molecule has 0 N–H and O–H groups in total. The molecule has 0 amide bonds. The van der Waals surface area contributed by atoms with Gasteiger partial charge in [0.1, 0.15) is 0 Å². The molecule has 0 aromatic carbocycles. The summed E-state index contributed by atoms with van der Waals surface area (Å²) in [6.07, 6.45) is 2.48. The SMILES string of the molecule is C1=NC2CC3SC=NC3CC2S1. The molecule has 0 aromatic rings. The molecule has 2 nitrogen and oxygen atoms in total. The average Bonchev–Trinajstić information content (AvgIpc) is 2.64. The maximum atomic E-state index is 4.49. The van der Waals surface area contributed by atoms with Gasteiger partial charge in [-0.15, -0.1) is 23.5 Å². The molecular formula is C8H10N2S2. The van der Waals surface area contributed by atoms with Crippen LogP contribution in [0.5, 0.6) is 0 Å². The van der Waals surface area contributed by atoms with Gasteiger partial charge < -0.3 is 0 Å². The normalized spacial score (nSPS) is 49.3. The molecule has 3 aliphatic rings. The van der Waals surface area contributed by atoms with Crippen LogP contribution in [0.2, 0.25) is 0 Å². The molecule has 0 saturated heterocycles. The van der Waals surface area contributed by atoms with Crippen molar-refractivity contribution >= 4 is 34.6 Å². The van der Waals surface area contributed by atoms with Crippen molar-refractivity contribution in [3.63, 3.8) is 0 Å². The lowest BCUT2D eigenvalue weighted by Crippen LogP contribution is -2.36. The van der Waals surface area contributed by atoms with Gasteiger partial charge in [-0.3, -0.25) is 9.98 Å². The fourth-order valence-corrected chi connectivity index (χ4v) is 4.19. The summed E-state index contributed by atoms with van der Waals surface area (Å²) in [5.41, 5.74) is 4.07. The van der Waals surface area contributed by atoms with Crippen molar-refractivity contribution in [3.05, 3.63) is 0 Å². The van der Waals surface area contributed by atoms with Gasteiger partial charge in [-0.2, -0.15) is 0 Å². The summed E-state index contributed by atoms with van der Waals surface area (Å²) in [5, 5.41) is 1.48. The molecule has 4 heteroatoms. The number of thioether (sulfide) groups is 2. The molecule has 1 fully saturated rings. The number of hydrogen-bond acceptors (Lipinski definition) is 4. The third kappa shape index (κ3) is 1.04. The third-order valence-electron chi connectivity index (χ3n) is 2.78. The van der Waals surface area contributed by atoms with Crippen molar-refractivity contribution < 1.29 is 0 Å². The highest BCUT2D eigenvalue weighted by atomic mass is 32.2. The van der Waals surface area contributed by atoms with Crippen molar-refractivity contribution in [1.29, 1.82) is 0 Å². The lowest BCUT2D eigenvalue weighted by molar-refractivity contribution is 0.430. The summed E-state index contributed by atoms with van der Waals surface area (Å²) < 4.78 is 0. The first-order valence-electron chi connectivity index (χ1n) is 4.28. The van der Waals surface area contributed by atoms with Crippen molar-refractivity contribution in [3.8, 4) is 0 Å². The molecule has 64 valence electrons. The predicted octanol–water partition coefficient (Wildman–Crippen LogP) is 1.80. The zero-order valence-electron chi connectivity index (χ0n) is 6.59. The molecule has 3 rings (SSSR count). The highest BCUT2D eigenvalue weighted by Crippen LogP contribution is 2.41. The second-order valence-electron chi connectivity index (χ2n) is 3.46. The molecule has 2 aliphatic heterocycles. The fourth-order valence-electron chi connectivity index (χ4n) is 2.08. The van der Waals surface area contributed by atoms with Crippen LogP contribution >= 0.6 is 23.5 Å². The highest BCUT2D eigenvalue weighted by Gasteiger charge is 2.40.